The molecule has 116 valence electrons. The van der Waals surface area contributed by atoms with Crippen molar-refractivity contribution in [2.45, 2.75) is 18.9 Å². The quantitative estimate of drug-likeness (QED) is 0.791. The summed E-state index contributed by atoms with van der Waals surface area (Å²) in [4.78, 5) is 12.2. The van der Waals surface area contributed by atoms with Gasteiger partial charge in [0.1, 0.15) is 0 Å². The second kappa shape index (κ2) is 6.67. The molecule has 1 aromatic rings. The molecule has 1 aromatic carbocycles. The van der Waals surface area contributed by atoms with Gasteiger partial charge in [-0.2, -0.15) is 0 Å². The first-order valence-electron chi connectivity index (χ1n) is 6.87. The van der Waals surface area contributed by atoms with Gasteiger partial charge in [0.2, 0.25) is 5.75 Å². The van der Waals surface area contributed by atoms with Crippen LogP contribution in [0.15, 0.2) is 12.1 Å². The third-order valence-electron chi connectivity index (χ3n) is 3.59. The van der Waals surface area contributed by atoms with E-state index in [1.165, 1.54) is 21.3 Å². The number of methoxy groups -OCH3 is 3. The molecule has 1 saturated carbocycles. The van der Waals surface area contributed by atoms with Crippen LogP contribution in [0, 0.1) is 5.92 Å². The Hall–Kier alpha value is -1.95. The molecule has 1 fully saturated rings. The van der Waals surface area contributed by atoms with Crippen LogP contribution in [0.2, 0.25) is 0 Å². The van der Waals surface area contributed by atoms with E-state index >= 15 is 0 Å². The van der Waals surface area contributed by atoms with Gasteiger partial charge in [0, 0.05) is 6.54 Å². The minimum absolute atomic E-state index is 0.237. The molecule has 1 atom stereocenters. The summed E-state index contributed by atoms with van der Waals surface area (Å²) in [6, 6.07) is 3.26. The number of rotatable bonds is 7. The van der Waals surface area contributed by atoms with E-state index in [-0.39, 0.29) is 12.5 Å². The van der Waals surface area contributed by atoms with E-state index < -0.39 is 6.10 Å². The first-order valence-corrected chi connectivity index (χ1v) is 6.87. The molecule has 0 spiro atoms. The van der Waals surface area contributed by atoms with Crippen LogP contribution in [-0.4, -0.2) is 45.0 Å². The second-order valence-corrected chi connectivity index (χ2v) is 5.00. The third kappa shape index (κ3) is 3.39. The molecule has 0 heterocycles. The highest BCUT2D eigenvalue weighted by atomic mass is 16.5. The SMILES string of the molecule is COc1ccc(C(=O)NCC(O)C2CC2)c(OC)c1OC. The minimum Gasteiger partial charge on any atom is -0.493 e. The number of aliphatic hydroxyl groups excluding tert-OH is 1. The van der Waals surface area contributed by atoms with Crippen LogP contribution in [0.5, 0.6) is 17.2 Å². The lowest BCUT2D eigenvalue weighted by atomic mass is 10.1. The Bertz CT molecular complexity index is 513. The maximum atomic E-state index is 12.2. The molecule has 1 unspecified atom stereocenters. The largest absolute Gasteiger partial charge is 0.493 e. The van der Waals surface area contributed by atoms with Crippen molar-refractivity contribution in [2.75, 3.05) is 27.9 Å². The Morgan fingerprint density at radius 1 is 1.24 bits per heavy atom. The average molecular weight is 295 g/mol. The van der Waals surface area contributed by atoms with Crippen LogP contribution in [0.3, 0.4) is 0 Å². The second-order valence-electron chi connectivity index (χ2n) is 5.00. The highest BCUT2D eigenvalue weighted by molar-refractivity contribution is 5.98. The van der Waals surface area contributed by atoms with Crippen molar-refractivity contribution in [1.82, 2.24) is 5.32 Å². The van der Waals surface area contributed by atoms with Crippen LogP contribution in [0.25, 0.3) is 0 Å². The van der Waals surface area contributed by atoms with Gasteiger partial charge in [-0.3, -0.25) is 4.79 Å². The standard InChI is InChI=1S/C15H21NO5/c1-19-12-7-6-10(13(20-2)14(12)21-3)15(18)16-8-11(17)9-4-5-9/h6-7,9,11,17H,4-5,8H2,1-3H3,(H,16,18). The summed E-state index contributed by atoms with van der Waals surface area (Å²) in [5, 5.41) is 12.5. The van der Waals surface area contributed by atoms with Gasteiger partial charge in [-0.25, -0.2) is 0 Å². The Morgan fingerprint density at radius 2 is 1.90 bits per heavy atom. The molecule has 1 aliphatic carbocycles. The molecule has 0 saturated heterocycles. The molecule has 1 amide bonds. The molecule has 1 aliphatic rings. The van der Waals surface area contributed by atoms with Gasteiger partial charge >= 0.3 is 0 Å². The fourth-order valence-corrected chi connectivity index (χ4v) is 2.22. The van der Waals surface area contributed by atoms with Gasteiger partial charge in [0.15, 0.2) is 11.5 Å². The predicted octanol–water partition coefficient (Wildman–Crippen LogP) is 1.21. The maximum Gasteiger partial charge on any atom is 0.255 e. The van der Waals surface area contributed by atoms with Crippen molar-refractivity contribution >= 4 is 5.91 Å². The molecule has 2 N–H and O–H groups in total. The lowest BCUT2D eigenvalue weighted by Gasteiger charge is -2.16. The zero-order valence-corrected chi connectivity index (χ0v) is 12.5. The van der Waals surface area contributed by atoms with Crippen molar-refractivity contribution in [3.63, 3.8) is 0 Å². The van der Waals surface area contributed by atoms with Gasteiger partial charge < -0.3 is 24.6 Å². The van der Waals surface area contributed by atoms with Crippen LogP contribution in [0.1, 0.15) is 23.2 Å². The van der Waals surface area contributed by atoms with Gasteiger partial charge in [0.05, 0.1) is 33.0 Å². The van der Waals surface area contributed by atoms with Crippen molar-refractivity contribution in [1.29, 1.82) is 0 Å². The molecular weight excluding hydrogens is 274 g/mol. The van der Waals surface area contributed by atoms with E-state index in [1.54, 1.807) is 12.1 Å². The molecule has 6 nitrogen and oxygen atoms in total. The lowest BCUT2D eigenvalue weighted by molar-refractivity contribution is 0.0897. The molecule has 0 bridgehead atoms. The highest BCUT2D eigenvalue weighted by Crippen LogP contribution is 2.39. The number of benzene rings is 1. The number of ether oxygens (including phenoxy) is 3. The van der Waals surface area contributed by atoms with Crippen LogP contribution < -0.4 is 19.5 Å². The summed E-state index contributed by atoms with van der Waals surface area (Å²) in [6.07, 6.45) is 1.56. The van der Waals surface area contributed by atoms with Crippen molar-refractivity contribution in [2.24, 2.45) is 5.92 Å². The number of amides is 1. The van der Waals surface area contributed by atoms with E-state index in [4.69, 9.17) is 14.2 Å². The molecule has 6 heteroatoms. The molecule has 0 aromatic heterocycles. The number of hydrogen-bond donors (Lipinski definition) is 2. The zero-order valence-electron chi connectivity index (χ0n) is 12.5. The Morgan fingerprint density at radius 3 is 2.43 bits per heavy atom. The summed E-state index contributed by atoms with van der Waals surface area (Å²) in [6.45, 7) is 0.237. The fourth-order valence-electron chi connectivity index (χ4n) is 2.22. The van der Waals surface area contributed by atoms with E-state index in [9.17, 15) is 9.90 Å². The Kier molecular flexibility index (Phi) is 4.90. The van der Waals surface area contributed by atoms with Crippen molar-refractivity contribution in [3.8, 4) is 17.2 Å². The van der Waals surface area contributed by atoms with E-state index in [1.807, 2.05) is 0 Å². The molecule has 21 heavy (non-hydrogen) atoms. The summed E-state index contributed by atoms with van der Waals surface area (Å²) in [7, 11) is 4.47. The monoisotopic (exact) mass is 295 g/mol. The molecule has 0 radical (unpaired) electrons. The van der Waals surface area contributed by atoms with Gasteiger partial charge in [-0.05, 0) is 30.9 Å². The van der Waals surface area contributed by atoms with Crippen LogP contribution in [-0.2, 0) is 0 Å². The number of carbonyl (C=O) groups is 1. The Balaban J connectivity index is 2.15. The minimum atomic E-state index is -0.486. The van der Waals surface area contributed by atoms with Gasteiger partial charge in [0.25, 0.3) is 5.91 Å². The lowest BCUT2D eigenvalue weighted by Crippen LogP contribution is -2.33. The molecule has 0 aliphatic heterocycles. The van der Waals surface area contributed by atoms with E-state index in [0.717, 1.165) is 12.8 Å². The molecule has 2 rings (SSSR count). The first-order chi connectivity index (χ1) is 10.1. The Labute approximate surface area is 124 Å². The third-order valence-corrected chi connectivity index (χ3v) is 3.59. The summed E-state index contributed by atoms with van der Waals surface area (Å²) in [5.41, 5.74) is 0.346. The van der Waals surface area contributed by atoms with Gasteiger partial charge in [-0.15, -0.1) is 0 Å². The number of nitrogens with one attached hydrogen (secondary N) is 1. The smallest absolute Gasteiger partial charge is 0.255 e. The maximum absolute atomic E-state index is 12.2. The number of aliphatic hydroxyl groups is 1. The van der Waals surface area contributed by atoms with Crippen LogP contribution in [0.4, 0.5) is 0 Å². The zero-order chi connectivity index (χ0) is 15.4. The summed E-state index contributed by atoms with van der Waals surface area (Å²) in [5.74, 6) is 1.18. The topological polar surface area (TPSA) is 77.0 Å². The van der Waals surface area contributed by atoms with Gasteiger partial charge in [-0.1, -0.05) is 0 Å². The van der Waals surface area contributed by atoms with Crippen LogP contribution >= 0.6 is 0 Å². The fraction of sp³-hybridized carbons (Fsp3) is 0.533. The van der Waals surface area contributed by atoms with E-state index in [0.29, 0.717) is 28.7 Å². The summed E-state index contributed by atoms with van der Waals surface area (Å²) < 4.78 is 15.7. The van der Waals surface area contributed by atoms with Crippen molar-refractivity contribution < 1.29 is 24.1 Å². The number of carbonyl (C=O) groups excluding carboxylic acids is 1. The first kappa shape index (κ1) is 15.4. The van der Waals surface area contributed by atoms with E-state index in [2.05, 4.69) is 5.32 Å². The van der Waals surface area contributed by atoms with Crippen molar-refractivity contribution in [3.05, 3.63) is 17.7 Å². The highest BCUT2D eigenvalue weighted by Gasteiger charge is 2.30. The normalized spacial score (nSPS) is 15.2. The summed E-state index contributed by atoms with van der Waals surface area (Å²) >= 11 is 0. The average Bonchev–Trinajstić information content (AvgIpc) is 3.35. The number of hydrogen-bond acceptors (Lipinski definition) is 5. The molecular formula is C15H21NO5. The predicted molar refractivity (Wildman–Crippen MR) is 77.2 cm³/mol.